The zero-order valence-corrected chi connectivity index (χ0v) is 20.9. The summed E-state index contributed by atoms with van der Waals surface area (Å²) < 4.78 is 7.01. The summed E-state index contributed by atoms with van der Waals surface area (Å²) >= 11 is 1.43. The van der Waals surface area contributed by atoms with Gasteiger partial charge < -0.3 is 19.1 Å². The Bertz CT molecular complexity index is 1440. The standard InChI is InChI=1S/C28H27N3O4S/c1-2-35-28(34)24-25(29-14-16-30(17-15-29)26(32)23-13-8-18-36-23)21-11-6-7-12-22(21)31(27(24)33)19-20-9-4-3-5-10-20/h3-13,18H,2,14-17,19H2,1H3. The molecule has 0 aliphatic carbocycles. The largest absolute Gasteiger partial charge is 0.462 e. The first-order valence-electron chi connectivity index (χ1n) is 12.0. The Balaban J connectivity index is 1.57. The maximum atomic E-state index is 13.9. The highest BCUT2D eigenvalue weighted by Gasteiger charge is 2.30. The first-order chi connectivity index (χ1) is 17.6. The van der Waals surface area contributed by atoms with Gasteiger partial charge in [-0.3, -0.25) is 9.59 Å². The van der Waals surface area contributed by atoms with E-state index in [0.29, 0.717) is 43.3 Å². The molecule has 0 radical (unpaired) electrons. The fraction of sp³-hybridized carbons (Fsp3) is 0.250. The Morgan fingerprint density at radius 2 is 1.64 bits per heavy atom. The van der Waals surface area contributed by atoms with Gasteiger partial charge in [-0.25, -0.2) is 4.79 Å². The molecule has 0 N–H and O–H groups in total. The molecular formula is C28H27N3O4S. The number of thiophene rings is 1. The number of hydrogen-bond donors (Lipinski definition) is 0. The summed E-state index contributed by atoms with van der Waals surface area (Å²) in [5.41, 5.74) is 1.98. The predicted octanol–water partition coefficient (Wildman–Crippen LogP) is 4.25. The summed E-state index contributed by atoms with van der Waals surface area (Å²) in [7, 11) is 0. The number of hydrogen-bond acceptors (Lipinski definition) is 6. The van der Waals surface area contributed by atoms with Crippen LogP contribution in [0.2, 0.25) is 0 Å². The van der Waals surface area contributed by atoms with Crippen molar-refractivity contribution in [2.75, 3.05) is 37.7 Å². The third-order valence-corrected chi connectivity index (χ3v) is 7.28. The van der Waals surface area contributed by atoms with Crippen LogP contribution >= 0.6 is 11.3 Å². The molecule has 36 heavy (non-hydrogen) atoms. The highest BCUT2D eigenvalue weighted by Crippen LogP contribution is 2.31. The SMILES string of the molecule is CCOC(=O)c1c(N2CCN(C(=O)c3cccs3)CC2)c2ccccc2n(Cc2ccccc2)c1=O. The van der Waals surface area contributed by atoms with Crippen LogP contribution < -0.4 is 10.5 Å². The number of aromatic nitrogens is 1. The molecule has 0 saturated carbocycles. The fourth-order valence-corrected chi connectivity index (χ4v) is 5.41. The number of carbonyl (C=O) groups excluding carboxylic acids is 2. The van der Waals surface area contributed by atoms with E-state index >= 15 is 0 Å². The van der Waals surface area contributed by atoms with Crippen molar-refractivity contribution >= 4 is 39.8 Å². The third kappa shape index (κ3) is 4.52. The van der Waals surface area contributed by atoms with Crippen molar-refractivity contribution in [3.63, 3.8) is 0 Å². The number of esters is 1. The number of pyridine rings is 1. The molecule has 1 aliphatic rings. The molecule has 1 fully saturated rings. The van der Waals surface area contributed by atoms with E-state index in [1.807, 2.05) is 81.9 Å². The van der Waals surface area contributed by atoms with Crippen LogP contribution in [0.3, 0.4) is 0 Å². The second kappa shape index (κ2) is 10.4. The van der Waals surface area contributed by atoms with Crippen LogP contribution in [-0.2, 0) is 11.3 Å². The van der Waals surface area contributed by atoms with E-state index in [4.69, 9.17) is 4.74 Å². The summed E-state index contributed by atoms with van der Waals surface area (Å²) in [6.07, 6.45) is 0. The van der Waals surface area contributed by atoms with E-state index in [1.165, 1.54) is 11.3 Å². The van der Waals surface area contributed by atoms with Gasteiger partial charge in [-0.05, 0) is 30.0 Å². The van der Waals surface area contributed by atoms with Crippen molar-refractivity contribution in [2.45, 2.75) is 13.5 Å². The Morgan fingerprint density at radius 3 is 2.33 bits per heavy atom. The van der Waals surface area contributed by atoms with Crippen LogP contribution in [0.1, 0.15) is 32.5 Å². The first kappa shape index (κ1) is 23.8. The Hall–Kier alpha value is -3.91. The molecule has 4 aromatic rings. The second-order valence-electron chi connectivity index (χ2n) is 8.59. The molecular weight excluding hydrogens is 474 g/mol. The number of piperazine rings is 1. The molecule has 7 nitrogen and oxygen atoms in total. The van der Waals surface area contributed by atoms with Gasteiger partial charge in [0.05, 0.1) is 29.2 Å². The zero-order chi connectivity index (χ0) is 25.1. The van der Waals surface area contributed by atoms with Gasteiger partial charge in [0.1, 0.15) is 5.56 Å². The second-order valence-corrected chi connectivity index (χ2v) is 9.54. The predicted molar refractivity (Wildman–Crippen MR) is 142 cm³/mol. The molecule has 1 aliphatic heterocycles. The molecule has 0 spiro atoms. The first-order valence-corrected chi connectivity index (χ1v) is 12.9. The highest BCUT2D eigenvalue weighted by molar-refractivity contribution is 7.12. The number of benzene rings is 2. The molecule has 0 atom stereocenters. The van der Waals surface area contributed by atoms with Crippen molar-refractivity contribution in [2.24, 2.45) is 0 Å². The number of anilines is 1. The van der Waals surface area contributed by atoms with Crippen LogP contribution in [0, 0.1) is 0 Å². The van der Waals surface area contributed by atoms with Crippen LogP contribution in [0.4, 0.5) is 5.69 Å². The number of amides is 1. The zero-order valence-electron chi connectivity index (χ0n) is 20.1. The molecule has 8 heteroatoms. The molecule has 184 valence electrons. The lowest BCUT2D eigenvalue weighted by atomic mass is 10.1. The van der Waals surface area contributed by atoms with Crippen molar-refractivity contribution < 1.29 is 14.3 Å². The van der Waals surface area contributed by atoms with Gasteiger partial charge in [-0.15, -0.1) is 11.3 Å². The summed E-state index contributed by atoms with van der Waals surface area (Å²) in [6, 6.07) is 21.1. The quantitative estimate of drug-likeness (QED) is 0.370. The molecule has 1 amide bonds. The van der Waals surface area contributed by atoms with Gasteiger partial charge in [0, 0.05) is 31.6 Å². The van der Waals surface area contributed by atoms with E-state index in [-0.39, 0.29) is 23.6 Å². The van der Waals surface area contributed by atoms with E-state index in [9.17, 15) is 14.4 Å². The van der Waals surface area contributed by atoms with Gasteiger partial charge in [0.25, 0.3) is 11.5 Å². The molecule has 2 aromatic carbocycles. The summed E-state index contributed by atoms with van der Waals surface area (Å²) in [6.45, 7) is 4.27. The van der Waals surface area contributed by atoms with Crippen molar-refractivity contribution in [1.29, 1.82) is 0 Å². The Labute approximate surface area is 213 Å². The van der Waals surface area contributed by atoms with Crippen LogP contribution in [0.5, 0.6) is 0 Å². The van der Waals surface area contributed by atoms with Crippen molar-refractivity contribution in [1.82, 2.24) is 9.47 Å². The lowest BCUT2D eigenvalue weighted by Crippen LogP contribution is -2.49. The van der Waals surface area contributed by atoms with Crippen LogP contribution in [-0.4, -0.2) is 54.1 Å². The monoisotopic (exact) mass is 501 g/mol. The lowest BCUT2D eigenvalue weighted by molar-refractivity contribution is 0.0523. The number of rotatable bonds is 6. The van der Waals surface area contributed by atoms with Gasteiger partial charge in [0.15, 0.2) is 0 Å². The lowest BCUT2D eigenvalue weighted by Gasteiger charge is -2.37. The van der Waals surface area contributed by atoms with Gasteiger partial charge in [-0.1, -0.05) is 54.6 Å². The van der Waals surface area contributed by atoms with E-state index < -0.39 is 5.97 Å². The average Bonchev–Trinajstić information content (AvgIpc) is 3.45. The van der Waals surface area contributed by atoms with Gasteiger partial charge in [0.2, 0.25) is 0 Å². The molecule has 2 aromatic heterocycles. The van der Waals surface area contributed by atoms with Crippen molar-refractivity contribution in [3.8, 4) is 0 Å². The minimum atomic E-state index is -0.623. The van der Waals surface area contributed by atoms with Crippen molar-refractivity contribution in [3.05, 3.63) is 98.5 Å². The maximum absolute atomic E-state index is 13.9. The third-order valence-electron chi connectivity index (χ3n) is 6.42. The minimum Gasteiger partial charge on any atom is -0.462 e. The molecule has 3 heterocycles. The fourth-order valence-electron chi connectivity index (χ4n) is 4.72. The smallest absolute Gasteiger partial charge is 0.345 e. The molecule has 1 saturated heterocycles. The minimum absolute atomic E-state index is 0.0124. The summed E-state index contributed by atoms with van der Waals surface area (Å²) in [5.74, 6) is -0.611. The topological polar surface area (TPSA) is 71.8 Å². The van der Waals surface area contributed by atoms with Gasteiger partial charge in [-0.2, -0.15) is 0 Å². The normalized spacial score (nSPS) is 13.7. The van der Waals surface area contributed by atoms with E-state index in [1.54, 1.807) is 11.5 Å². The average molecular weight is 502 g/mol. The molecule has 0 bridgehead atoms. The Morgan fingerprint density at radius 1 is 0.917 bits per heavy atom. The van der Waals surface area contributed by atoms with Crippen LogP contribution in [0.25, 0.3) is 10.9 Å². The molecule has 5 rings (SSSR count). The Kier molecular flexibility index (Phi) is 6.86. The summed E-state index contributed by atoms with van der Waals surface area (Å²) in [4.78, 5) is 44.5. The number of ether oxygens (including phenoxy) is 1. The summed E-state index contributed by atoms with van der Waals surface area (Å²) in [5, 5.41) is 2.71. The van der Waals surface area contributed by atoms with Gasteiger partial charge >= 0.3 is 5.97 Å². The van der Waals surface area contributed by atoms with Crippen LogP contribution in [0.15, 0.2) is 76.9 Å². The number of carbonyl (C=O) groups is 2. The number of para-hydroxylation sites is 1. The number of nitrogens with zero attached hydrogens (tertiary/aromatic N) is 3. The van der Waals surface area contributed by atoms with E-state index in [2.05, 4.69) is 0 Å². The van der Waals surface area contributed by atoms with E-state index in [0.717, 1.165) is 16.5 Å². The number of fused-ring (bicyclic) bond motifs is 1. The molecule has 0 unspecified atom stereocenters. The highest BCUT2D eigenvalue weighted by atomic mass is 32.1. The maximum Gasteiger partial charge on any atom is 0.345 e.